The van der Waals surface area contributed by atoms with Crippen LogP contribution in [0.1, 0.15) is 35.5 Å². The van der Waals surface area contributed by atoms with E-state index in [2.05, 4.69) is 25.9 Å². The van der Waals surface area contributed by atoms with Crippen LogP contribution < -0.4 is 16.2 Å². The second-order valence-corrected chi connectivity index (χ2v) is 7.24. The molecule has 3 aromatic rings. The van der Waals surface area contributed by atoms with Gasteiger partial charge in [-0.25, -0.2) is 4.98 Å². The first-order valence-electron chi connectivity index (χ1n) is 9.57. The summed E-state index contributed by atoms with van der Waals surface area (Å²) in [5.74, 6) is 1.16. The molecule has 0 radical (unpaired) electrons. The Kier molecular flexibility index (Phi) is 5.37. The standard InChI is InChI=1S/C20H22N6O3/c1-13-9-17(29-25-13)20(28)22-11-14-4-5-15(10-14)24-18-7-6-16(12-21-18)26-19(27)3-2-8-23-26/h2-3,6-9,12,14-15H,4-5,10-11H2,1H3,(H,21,24)(H,22,28)/t14-,15+/m0/s1. The molecule has 2 N–H and O–H groups in total. The van der Waals surface area contributed by atoms with Crippen LogP contribution in [0, 0.1) is 12.8 Å². The predicted molar refractivity (Wildman–Crippen MR) is 106 cm³/mol. The highest BCUT2D eigenvalue weighted by Gasteiger charge is 2.25. The Bertz CT molecular complexity index is 1040. The largest absolute Gasteiger partial charge is 0.367 e. The molecule has 2 atom stereocenters. The number of amides is 1. The summed E-state index contributed by atoms with van der Waals surface area (Å²) in [7, 11) is 0. The average Bonchev–Trinajstić information content (AvgIpc) is 3.36. The van der Waals surface area contributed by atoms with Crippen molar-refractivity contribution in [2.45, 2.75) is 32.2 Å². The van der Waals surface area contributed by atoms with E-state index in [0.29, 0.717) is 29.9 Å². The van der Waals surface area contributed by atoms with Crippen molar-refractivity contribution in [3.63, 3.8) is 0 Å². The van der Waals surface area contributed by atoms with Crippen LogP contribution in [-0.2, 0) is 0 Å². The van der Waals surface area contributed by atoms with Crippen LogP contribution >= 0.6 is 0 Å². The zero-order chi connectivity index (χ0) is 20.2. The van der Waals surface area contributed by atoms with Gasteiger partial charge in [0, 0.05) is 30.9 Å². The van der Waals surface area contributed by atoms with Crippen molar-refractivity contribution in [3.8, 4) is 5.69 Å². The van der Waals surface area contributed by atoms with Crippen LogP contribution in [0.2, 0.25) is 0 Å². The number of anilines is 1. The Morgan fingerprint density at radius 1 is 1.31 bits per heavy atom. The van der Waals surface area contributed by atoms with Gasteiger partial charge in [0.15, 0.2) is 0 Å². The first-order valence-corrected chi connectivity index (χ1v) is 9.57. The number of carbonyl (C=O) groups excluding carboxylic acids is 1. The van der Waals surface area contributed by atoms with E-state index in [1.165, 1.54) is 10.7 Å². The van der Waals surface area contributed by atoms with Gasteiger partial charge in [-0.3, -0.25) is 9.59 Å². The Balaban J connectivity index is 1.28. The Morgan fingerprint density at radius 2 is 2.21 bits per heavy atom. The fraction of sp³-hybridized carbons (Fsp3) is 0.350. The fourth-order valence-corrected chi connectivity index (χ4v) is 3.54. The smallest absolute Gasteiger partial charge is 0.289 e. The molecule has 0 bridgehead atoms. The van der Waals surface area contributed by atoms with E-state index >= 15 is 0 Å². The van der Waals surface area contributed by atoms with Gasteiger partial charge in [0.2, 0.25) is 5.76 Å². The highest BCUT2D eigenvalue weighted by atomic mass is 16.5. The van der Waals surface area contributed by atoms with Gasteiger partial charge in [0.05, 0.1) is 17.6 Å². The Morgan fingerprint density at radius 3 is 2.93 bits per heavy atom. The number of carbonyl (C=O) groups is 1. The Labute approximate surface area is 167 Å². The minimum absolute atomic E-state index is 0.198. The number of aryl methyl sites for hydroxylation is 1. The molecule has 1 fully saturated rings. The molecule has 29 heavy (non-hydrogen) atoms. The number of hydrogen-bond donors (Lipinski definition) is 2. The van der Waals surface area contributed by atoms with Crippen LogP contribution in [-0.4, -0.2) is 38.4 Å². The molecule has 1 aliphatic carbocycles. The van der Waals surface area contributed by atoms with Crippen molar-refractivity contribution in [1.29, 1.82) is 0 Å². The SMILES string of the molecule is Cc1cc(C(=O)NC[C@H]2CC[C@@H](Nc3ccc(-n4ncccc4=O)cn3)C2)on1. The van der Waals surface area contributed by atoms with Crippen LogP contribution in [0.25, 0.3) is 5.69 Å². The quantitative estimate of drug-likeness (QED) is 0.656. The number of nitrogens with zero attached hydrogens (tertiary/aromatic N) is 4. The molecule has 0 spiro atoms. The van der Waals surface area contributed by atoms with E-state index in [1.807, 2.05) is 12.1 Å². The molecule has 1 amide bonds. The van der Waals surface area contributed by atoms with E-state index in [1.54, 1.807) is 31.5 Å². The van der Waals surface area contributed by atoms with Crippen LogP contribution in [0.3, 0.4) is 0 Å². The third-order valence-electron chi connectivity index (χ3n) is 5.00. The molecular formula is C20H22N6O3. The minimum Gasteiger partial charge on any atom is -0.367 e. The molecule has 150 valence electrons. The molecule has 0 saturated heterocycles. The normalized spacial score (nSPS) is 18.5. The first-order chi connectivity index (χ1) is 14.1. The molecule has 1 aliphatic rings. The minimum atomic E-state index is -0.232. The average molecular weight is 394 g/mol. The third kappa shape index (κ3) is 4.50. The van der Waals surface area contributed by atoms with E-state index in [4.69, 9.17) is 4.52 Å². The lowest BCUT2D eigenvalue weighted by Crippen LogP contribution is -2.28. The van der Waals surface area contributed by atoms with Gasteiger partial charge in [-0.05, 0) is 50.3 Å². The zero-order valence-electron chi connectivity index (χ0n) is 16.0. The van der Waals surface area contributed by atoms with E-state index in [0.717, 1.165) is 25.1 Å². The number of hydrogen-bond acceptors (Lipinski definition) is 7. The maximum Gasteiger partial charge on any atom is 0.289 e. The third-order valence-corrected chi connectivity index (χ3v) is 5.00. The molecule has 0 aliphatic heterocycles. The number of pyridine rings is 1. The van der Waals surface area contributed by atoms with Crippen molar-refractivity contribution in [1.82, 2.24) is 25.2 Å². The summed E-state index contributed by atoms with van der Waals surface area (Å²) in [6, 6.07) is 8.64. The van der Waals surface area contributed by atoms with Crippen molar-refractivity contribution >= 4 is 11.7 Å². The van der Waals surface area contributed by atoms with E-state index in [-0.39, 0.29) is 17.2 Å². The fourth-order valence-electron chi connectivity index (χ4n) is 3.54. The molecule has 9 nitrogen and oxygen atoms in total. The van der Waals surface area contributed by atoms with E-state index < -0.39 is 0 Å². The van der Waals surface area contributed by atoms with E-state index in [9.17, 15) is 9.59 Å². The molecule has 3 heterocycles. The highest BCUT2D eigenvalue weighted by molar-refractivity contribution is 5.91. The van der Waals surface area contributed by atoms with Gasteiger partial charge < -0.3 is 15.2 Å². The lowest BCUT2D eigenvalue weighted by molar-refractivity contribution is 0.0910. The lowest BCUT2D eigenvalue weighted by atomic mass is 10.1. The van der Waals surface area contributed by atoms with Crippen molar-refractivity contribution in [2.75, 3.05) is 11.9 Å². The van der Waals surface area contributed by atoms with Crippen molar-refractivity contribution in [3.05, 3.63) is 64.5 Å². The topological polar surface area (TPSA) is 115 Å². The van der Waals surface area contributed by atoms with Crippen LogP contribution in [0.15, 0.2) is 52.0 Å². The molecule has 1 saturated carbocycles. The van der Waals surface area contributed by atoms with Crippen molar-refractivity contribution < 1.29 is 9.32 Å². The summed E-state index contributed by atoms with van der Waals surface area (Å²) in [4.78, 5) is 28.3. The van der Waals surface area contributed by atoms with Gasteiger partial charge in [-0.1, -0.05) is 5.16 Å². The molecule has 0 unspecified atom stereocenters. The number of rotatable bonds is 6. The zero-order valence-corrected chi connectivity index (χ0v) is 16.0. The Hall–Kier alpha value is -3.49. The highest BCUT2D eigenvalue weighted by Crippen LogP contribution is 2.27. The predicted octanol–water partition coefficient (Wildman–Crippen LogP) is 1.93. The first kappa shape index (κ1) is 18.9. The number of nitrogens with one attached hydrogen (secondary N) is 2. The van der Waals surface area contributed by atoms with Gasteiger partial charge in [-0.15, -0.1) is 0 Å². The van der Waals surface area contributed by atoms with Crippen LogP contribution in [0.4, 0.5) is 5.82 Å². The van der Waals surface area contributed by atoms with Gasteiger partial charge in [0.1, 0.15) is 5.82 Å². The van der Waals surface area contributed by atoms with Gasteiger partial charge in [-0.2, -0.15) is 9.78 Å². The number of aromatic nitrogens is 4. The lowest BCUT2D eigenvalue weighted by Gasteiger charge is -2.14. The molecular weight excluding hydrogens is 372 g/mol. The van der Waals surface area contributed by atoms with Gasteiger partial charge in [0.25, 0.3) is 11.5 Å². The maximum atomic E-state index is 12.1. The van der Waals surface area contributed by atoms with Crippen LogP contribution in [0.5, 0.6) is 0 Å². The maximum absolute atomic E-state index is 12.1. The second-order valence-electron chi connectivity index (χ2n) is 7.24. The summed E-state index contributed by atoms with van der Waals surface area (Å²) < 4.78 is 6.29. The molecule has 3 aromatic heterocycles. The molecule has 4 rings (SSSR count). The second kappa shape index (κ2) is 8.26. The summed E-state index contributed by atoms with van der Waals surface area (Å²) in [6.45, 7) is 2.38. The van der Waals surface area contributed by atoms with Gasteiger partial charge >= 0.3 is 0 Å². The van der Waals surface area contributed by atoms with Crippen molar-refractivity contribution in [2.24, 2.45) is 5.92 Å². The summed E-state index contributed by atoms with van der Waals surface area (Å²) in [5, 5.41) is 14.1. The summed E-state index contributed by atoms with van der Waals surface area (Å²) in [6.07, 6.45) is 6.16. The monoisotopic (exact) mass is 394 g/mol. The molecule has 0 aromatic carbocycles. The summed E-state index contributed by atoms with van der Waals surface area (Å²) >= 11 is 0. The molecule has 9 heteroatoms. The summed E-state index contributed by atoms with van der Waals surface area (Å²) in [5.41, 5.74) is 1.11.